The van der Waals surface area contributed by atoms with Crippen LogP contribution in [0.25, 0.3) is 0 Å². The van der Waals surface area contributed by atoms with Crippen molar-refractivity contribution in [2.24, 2.45) is 5.41 Å². The Morgan fingerprint density at radius 2 is 1.50 bits per heavy atom. The van der Waals surface area contributed by atoms with Crippen LogP contribution >= 0.6 is 11.6 Å². The van der Waals surface area contributed by atoms with Gasteiger partial charge in [0.15, 0.2) is 0 Å². The highest BCUT2D eigenvalue weighted by molar-refractivity contribution is 6.30. The zero-order chi connectivity index (χ0) is 14.6. The minimum Gasteiger partial charge on any atom is -0.371 e. The minimum atomic E-state index is 0.609. The van der Waals surface area contributed by atoms with Crippen LogP contribution in [0.4, 0.5) is 5.69 Å². The lowest BCUT2D eigenvalue weighted by Crippen LogP contribution is -2.41. The number of rotatable bonds is 1. The molecule has 0 radical (unpaired) electrons. The zero-order valence-electron chi connectivity index (χ0n) is 13.0. The molecule has 0 atom stereocenters. The highest BCUT2D eigenvalue weighted by atomic mass is 35.5. The Kier molecular flexibility index (Phi) is 5.34. The molecular formula is C17H27ClN2. The van der Waals surface area contributed by atoms with E-state index in [-0.39, 0.29) is 0 Å². The first-order chi connectivity index (χ1) is 9.67. The summed E-state index contributed by atoms with van der Waals surface area (Å²) in [5, 5.41) is 0.824. The molecule has 2 nitrogen and oxygen atoms in total. The smallest absolute Gasteiger partial charge is 0.0407 e. The SMILES string of the molecule is CC.CN1CCC2(CCN(c3ccc(Cl)cc3)CC2)C1. The molecule has 1 aromatic rings. The molecule has 3 heteroatoms. The van der Waals surface area contributed by atoms with Gasteiger partial charge in [-0.15, -0.1) is 0 Å². The van der Waals surface area contributed by atoms with Gasteiger partial charge < -0.3 is 9.80 Å². The molecule has 1 spiro atoms. The van der Waals surface area contributed by atoms with E-state index >= 15 is 0 Å². The van der Waals surface area contributed by atoms with Crippen molar-refractivity contribution in [2.75, 3.05) is 38.1 Å². The topological polar surface area (TPSA) is 6.48 Å². The third kappa shape index (κ3) is 3.48. The second kappa shape index (κ2) is 6.82. The van der Waals surface area contributed by atoms with Gasteiger partial charge >= 0.3 is 0 Å². The van der Waals surface area contributed by atoms with Crippen LogP contribution in [0.5, 0.6) is 0 Å². The van der Waals surface area contributed by atoms with Crippen molar-refractivity contribution in [1.82, 2.24) is 4.90 Å². The standard InChI is InChI=1S/C15H21ClN2.C2H6/c1-17-9-6-15(12-17)7-10-18(11-8-15)14-4-2-13(16)3-5-14;1-2/h2-5H,6-12H2,1H3;1-2H3. The molecule has 0 saturated carbocycles. The zero-order valence-corrected chi connectivity index (χ0v) is 13.8. The molecule has 0 aliphatic carbocycles. The van der Waals surface area contributed by atoms with Gasteiger partial charge in [0.25, 0.3) is 0 Å². The maximum absolute atomic E-state index is 5.94. The highest BCUT2D eigenvalue weighted by Crippen LogP contribution is 2.40. The van der Waals surface area contributed by atoms with E-state index in [0.717, 1.165) is 5.02 Å². The summed E-state index contributed by atoms with van der Waals surface area (Å²) in [6.45, 7) is 8.95. The fourth-order valence-corrected chi connectivity index (χ4v) is 3.58. The third-order valence-corrected chi connectivity index (χ3v) is 4.90. The van der Waals surface area contributed by atoms with E-state index in [2.05, 4.69) is 29.0 Å². The van der Waals surface area contributed by atoms with Gasteiger partial charge in [0.1, 0.15) is 0 Å². The van der Waals surface area contributed by atoms with Gasteiger partial charge in [-0.2, -0.15) is 0 Å². The molecule has 0 unspecified atom stereocenters. The predicted octanol–water partition coefficient (Wildman–Crippen LogP) is 4.29. The van der Waals surface area contributed by atoms with Crippen LogP contribution in [0.2, 0.25) is 5.02 Å². The molecule has 1 aromatic carbocycles. The minimum absolute atomic E-state index is 0.609. The van der Waals surface area contributed by atoms with Crippen LogP contribution in [0.3, 0.4) is 0 Å². The van der Waals surface area contributed by atoms with E-state index < -0.39 is 0 Å². The van der Waals surface area contributed by atoms with Crippen molar-refractivity contribution in [1.29, 1.82) is 0 Å². The molecule has 0 amide bonds. The number of halogens is 1. The van der Waals surface area contributed by atoms with Crippen molar-refractivity contribution in [3.05, 3.63) is 29.3 Å². The molecular weight excluding hydrogens is 268 g/mol. The van der Waals surface area contributed by atoms with Crippen LogP contribution in [-0.2, 0) is 0 Å². The van der Waals surface area contributed by atoms with Gasteiger partial charge in [0.2, 0.25) is 0 Å². The summed E-state index contributed by atoms with van der Waals surface area (Å²) in [5.41, 5.74) is 1.93. The second-order valence-electron chi connectivity index (χ2n) is 5.95. The molecule has 2 heterocycles. The predicted molar refractivity (Wildman–Crippen MR) is 88.8 cm³/mol. The molecule has 0 aromatic heterocycles. The lowest BCUT2D eigenvalue weighted by Gasteiger charge is -2.40. The summed E-state index contributed by atoms with van der Waals surface area (Å²) < 4.78 is 0. The van der Waals surface area contributed by atoms with E-state index in [1.807, 2.05) is 26.0 Å². The summed E-state index contributed by atoms with van der Waals surface area (Å²) in [4.78, 5) is 4.98. The van der Waals surface area contributed by atoms with E-state index in [4.69, 9.17) is 11.6 Å². The van der Waals surface area contributed by atoms with Crippen LogP contribution in [0, 0.1) is 5.41 Å². The van der Waals surface area contributed by atoms with Crippen molar-refractivity contribution < 1.29 is 0 Å². The van der Waals surface area contributed by atoms with E-state index in [0.29, 0.717) is 5.41 Å². The van der Waals surface area contributed by atoms with Gasteiger partial charge in [-0.1, -0.05) is 25.4 Å². The normalized spacial score (nSPS) is 21.7. The summed E-state index contributed by atoms with van der Waals surface area (Å²) >= 11 is 5.94. The summed E-state index contributed by atoms with van der Waals surface area (Å²) in [6.07, 6.45) is 4.05. The van der Waals surface area contributed by atoms with Crippen LogP contribution in [0.15, 0.2) is 24.3 Å². The fraction of sp³-hybridized carbons (Fsp3) is 0.647. The van der Waals surface area contributed by atoms with Crippen molar-refractivity contribution >= 4 is 17.3 Å². The lowest BCUT2D eigenvalue weighted by molar-refractivity contribution is 0.222. The first-order valence-corrected chi connectivity index (χ1v) is 8.24. The van der Waals surface area contributed by atoms with E-state index in [9.17, 15) is 0 Å². The van der Waals surface area contributed by atoms with Gasteiger partial charge in [0, 0.05) is 30.3 Å². The Hall–Kier alpha value is -0.730. The van der Waals surface area contributed by atoms with Gasteiger partial charge in [-0.25, -0.2) is 0 Å². The summed E-state index contributed by atoms with van der Waals surface area (Å²) in [7, 11) is 2.25. The van der Waals surface area contributed by atoms with Crippen molar-refractivity contribution in [3.63, 3.8) is 0 Å². The van der Waals surface area contributed by atoms with Crippen LogP contribution in [-0.4, -0.2) is 38.1 Å². The molecule has 3 rings (SSSR count). The first kappa shape index (κ1) is 15.7. The van der Waals surface area contributed by atoms with Gasteiger partial charge in [-0.3, -0.25) is 0 Å². The maximum atomic E-state index is 5.94. The van der Waals surface area contributed by atoms with Crippen LogP contribution < -0.4 is 4.90 Å². The monoisotopic (exact) mass is 294 g/mol. The van der Waals surface area contributed by atoms with Gasteiger partial charge in [0.05, 0.1) is 0 Å². The van der Waals surface area contributed by atoms with E-state index in [1.165, 1.54) is 51.1 Å². The highest BCUT2D eigenvalue weighted by Gasteiger charge is 2.39. The molecule has 0 bridgehead atoms. The second-order valence-corrected chi connectivity index (χ2v) is 6.39. The Labute approximate surface area is 128 Å². The Morgan fingerprint density at radius 1 is 0.950 bits per heavy atom. The average Bonchev–Trinajstić information content (AvgIpc) is 2.84. The Morgan fingerprint density at radius 3 is 2.00 bits per heavy atom. The van der Waals surface area contributed by atoms with Crippen molar-refractivity contribution in [3.8, 4) is 0 Å². The number of anilines is 1. The fourth-order valence-electron chi connectivity index (χ4n) is 3.46. The van der Waals surface area contributed by atoms with Crippen LogP contribution in [0.1, 0.15) is 33.1 Å². The Bertz CT molecular complexity index is 408. The van der Waals surface area contributed by atoms with Gasteiger partial charge in [-0.05, 0) is 62.5 Å². The molecule has 112 valence electrons. The number of hydrogen-bond donors (Lipinski definition) is 0. The molecule has 2 aliphatic rings. The maximum Gasteiger partial charge on any atom is 0.0407 e. The molecule has 2 fully saturated rings. The summed E-state index contributed by atoms with van der Waals surface area (Å²) in [6, 6.07) is 8.26. The average molecular weight is 295 g/mol. The molecule has 20 heavy (non-hydrogen) atoms. The number of likely N-dealkylation sites (tertiary alicyclic amines) is 1. The third-order valence-electron chi connectivity index (χ3n) is 4.65. The number of benzene rings is 1. The Balaban J connectivity index is 0.000000704. The molecule has 2 saturated heterocycles. The van der Waals surface area contributed by atoms with Crippen molar-refractivity contribution in [2.45, 2.75) is 33.1 Å². The lowest BCUT2D eigenvalue weighted by atomic mass is 9.77. The molecule has 0 N–H and O–H groups in total. The number of nitrogens with zero attached hydrogens (tertiary/aromatic N) is 2. The quantitative estimate of drug-likeness (QED) is 0.762. The molecule has 2 aliphatic heterocycles. The number of piperidine rings is 1. The largest absolute Gasteiger partial charge is 0.371 e. The number of hydrogen-bond acceptors (Lipinski definition) is 2. The summed E-state index contributed by atoms with van der Waals surface area (Å²) in [5.74, 6) is 0. The van der Waals surface area contributed by atoms with E-state index in [1.54, 1.807) is 0 Å². The first-order valence-electron chi connectivity index (χ1n) is 7.86.